The number of nitrogen functional groups attached to an aromatic ring is 1. The van der Waals surface area contributed by atoms with Gasteiger partial charge in [0.2, 0.25) is 0 Å². The first kappa shape index (κ1) is 13.3. The number of alkyl halides is 3. The Bertz CT molecular complexity index is 534. The molecule has 0 amide bonds. The standard InChI is InChI=1S/C12H12F3N3O/c13-12(14,15)9-7-17-18(8-9)5-6-19-11-3-1-10(16)2-4-11/h1-4,7-8H,5-6,16H2. The van der Waals surface area contributed by atoms with Crippen molar-refractivity contribution >= 4 is 5.69 Å². The van der Waals surface area contributed by atoms with E-state index in [-0.39, 0.29) is 13.2 Å². The number of hydrogen-bond donors (Lipinski definition) is 1. The van der Waals surface area contributed by atoms with E-state index in [1.807, 2.05) is 0 Å². The number of nitrogens with two attached hydrogens (primary N) is 1. The monoisotopic (exact) mass is 271 g/mol. The zero-order chi connectivity index (χ0) is 13.9. The van der Waals surface area contributed by atoms with Crippen molar-refractivity contribution in [3.05, 3.63) is 42.2 Å². The van der Waals surface area contributed by atoms with Crippen LogP contribution in [0, 0.1) is 0 Å². The molecule has 19 heavy (non-hydrogen) atoms. The summed E-state index contributed by atoms with van der Waals surface area (Å²) < 4.78 is 43.5. The van der Waals surface area contributed by atoms with Gasteiger partial charge in [-0.05, 0) is 24.3 Å². The predicted molar refractivity (Wildman–Crippen MR) is 63.6 cm³/mol. The van der Waals surface area contributed by atoms with Gasteiger partial charge in [0.25, 0.3) is 0 Å². The van der Waals surface area contributed by atoms with Crippen molar-refractivity contribution in [1.29, 1.82) is 0 Å². The molecular weight excluding hydrogens is 259 g/mol. The quantitative estimate of drug-likeness (QED) is 0.869. The highest BCUT2D eigenvalue weighted by atomic mass is 19.4. The van der Waals surface area contributed by atoms with Gasteiger partial charge in [0.05, 0.1) is 18.3 Å². The van der Waals surface area contributed by atoms with Crippen molar-refractivity contribution in [3.63, 3.8) is 0 Å². The normalized spacial score (nSPS) is 11.5. The molecular formula is C12H12F3N3O. The summed E-state index contributed by atoms with van der Waals surface area (Å²) in [6, 6.07) is 6.76. The molecule has 0 bridgehead atoms. The van der Waals surface area contributed by atoms with Crippen molar-refractivity contribution in [2.24, 2.45) is 0 Å². The van der Waals surface area contributed by atoms with Crippen molar-refractivity contribution in [2.75, 3.05) is 12.3 Å². The van der Waals surface area contributed by atoms with Crippen molar-refractivity contribution in [2.45, 2.75) is 12.7 Å². The Morgan fingerprint density at radius 2 is 1.89 bits per heavy atom. The van der Waals surface area contributed by atoms with Gasteiger partial charge >= 0.3 is 6.18 Å². The molecule has 0 radical (unpaired) electrons. The van der Waals surface area contributed by atoms with Gasteiger partial charge < -0.3 is 10.5 Å². The van der Waals surface area contributed by atoms with Crippen LogP contribution < -0.4 is 10.5 Å². The van der Waals surface area contributed by atoms with Gasteiger partial charge in [0.15, 0.2) is 0 Å². The van der Waals surface area contributed by atoms with E-state index in [9.17, 15) is 13.2 Å². The van der Waals surface area contributed by atoms with Gasteiger partial charge in [0.1, 0.15) is 12.4 Å². The fraction of sp³-hybridized carbons (Fsp3) is 0.250. The largest absolute Gasteiger partial charge is 0.492 e. The third-order valence-electron chi connectivity index (χ3n) is 2.43. The van der Waals surface area contributed by atoms with Gasteiger partial charge in [-0.1, -0.05) is 0 Å². The molecule has 102 valence electrons. The molecule has 0 aliphatic heterocycles. The summed E-state index contributed by atoms with van der Waals surface area (Å²) in [5, 5.41) is 3.62. The minimum absolute atomic E-state index is 0.225. The van der Waals surface area contributed by atoms with E-state index in [1.54, 1.807) is 24.3 Å². The van der Waals surface area contributed by atoms with Gasteiger partial charge in [-0.2, -0.15) is 18.3 Å². The van der Waals surface area contributed by atoms with Crippen LogP contribution in [0.5, 0.6) is 5.75 Å². The zero-order valence-electron chi connectivity index (χ0n) is 9.89. The smallest absolute Gasteiger partial charge is 0.419 e. The molecule has 1 aromatic heterocycles. The van der Waals surface area contributed by atoms with Crippen LogP contribution in [-0.2, 0) is 12.7 Å². The Balaban J connectivity index is 1.86. The maximum Gasteiger partial charge on any atom is 0.419 e. The highest BCUT2D eigenvalue weighted by Crippen LogP contribution is 2.28. The molecule has 4 nitrogen and oxygen atoms in total. The number of ether oxygens (including phenoxy) is 1. The molecule has 1 heterocycles. The molecule has 2 rings (SSSR count). The van der Waals surface area contributed by atoms with Gasteiger partial charge in [-0.3, -0.25) is 4.68 Å². The van der Waals surface area contributed by atoms with Gasteiger partial charge in [0, 0.05) is 11.9 Å². The average molecular weight is 271 g/mol. The van der Waals surface area contributed by atoms with E-state index in [0.717, 1.165) is 12.4 Å². The number of anilines is 1. The summed E-state index contributed by atoms with van der Waals surface area (Å²) in [5.74, 6) is 0.609. The summed E-state index contributed by atoms with van der Waals surface area (Å²) in [5.41, 5.74) is 5.37. The maximum absolute atomic E-state index is 12.3. The van der Waals surface area contributed by atoms with Crippen molar-refractivity contribution in [1.82, 2.24) is 9.78 Å². The number of aromatic nitrogens is 2. The molecule has 7 heteroatoms. The second-order valence-electron chi connectivity index (χ2n) is 3.91. The summed E-state index contributed by atoms with van der Waals surface area (Å²) >= 11 is 0. The Kier molecular flexibility index (Phi) is 3.64. The summed E-state index contributed by atoms with van der Waals surface area (Å²) in [6.45, 7) is 0.462. The van der Waals surface area contributed by atoms with Crippen LogP contribution in [0.1, 0.15) is 5.56 Å². The summed E-state index contributed by atoms with van der Waals surface area (Å²) in [7, 11) is 0. The average Bonchev–Trinajstić information content (AvgIpc) is 2.80. The molecule has 0 atom stereocenters. The molecule has 0 saturated heterocycles. The molecule has 2 aromatic rings. The second kappa shape index (κ2) is 5.21. The molecule has 0 unspecified atom stereocenters. The Morgan fingerprint density at radius 3 is 2.47 bits per heavy atom. The van der Waals surface area contributed by atoms with Crippen LogP contribution in [0.15, 0.2) is 36.7 Å². The van der Waals surface area contributed by atoms with Crippen LogP contribution in [0.25, 0.3) is 0 Å². The highest BCUT2D eigenvalue weighted by Gasteiger charge is 2.32. The van der Waals surface area contributed by atoms with E-state index < -0.39 is 11.7 Å². The molecule has 0 aliphatic rings. The van der Waals surface area contributed by atoms with Crippen LogP contribution in [0.2, 0.25) is 0 Å². The fourth-order valence-electron chi connectivity index (χ4n) is 1.45. The molecule has 0 spiro atoms. The van der Waals surface area contributed by atoms with Crippen LogP contribution in [0.4, 0.5) is 18.9 Å². The molecule has 1 aromatic carbocycles. The van der Waals surface area contributed by atoms with E-state index in [2.05, 4.69) is 5.10 Å². The summed E-state index contributed by atoms with van der Waals surface area (Å²) in [4.78, 5) is 0. The molecule has 0 fully saturated rings. The number of rotatable bonds is 4. The van der Waals surface area contributed by atoms with Crippen molar-refractivity contribution in [3.8, 4) is 5.75 Å². The minimum Gasteiger partial charge on any atom is -0.492 e. The van der Waals surface area contributed by atoms with Crippen molar-refractivity contribution < 1.29 is 17.9 Å². The number of benzene rings is 1. The zero-order valence-corrected chi connectivity index (χ0v) is 9.89. The Hall–Kier alpha value is -2.18. The number of hydrogen-bond acceptors (Lipinski definition) is 3. The van der Waals surface area contributed by atoms with E-state index >= 15 is 0 Å². The van der Waals surface area contributed by atoms with Crippen LogP contribution in [0.3, 0.4) is 0 Å². The third-order valence-corrected chi connectivity index (χ3v) is 2.43. The van der Waals surface area contributed by atoms with Crippen LogP contribution >= 0.6 is 0 Å². The molecule has 2 N–H and O–H groups in total. The first-order valence-corrected chi connectivity index (χ1v) is 5.53. The number of nitrogens with zero attached hydrogens (tertiary/aromatic N) is 2. The lowest BCUT2D eigenvalue weighted by atomic mass is 10.3. The SMILES string of the molecule is Nc1ccc(OCCn2cc(C(F)(F)F)cn2)cc1. The third kappa shape index (κ3) is 3.64. The molecule has 0 aliphatic carbocycles. The van der Waals surface area contributed by atoms with Gasteiger partial charge in [-0.15, -0.1) is 0 Å². The highest BCUT2D eigenvalue weighted by molar-refractivity contribution is 5.41. The van der Waals surface area contributed by atoms with E-state index in [0.29, 0.717) is 11.4 Å². The summed E-state index contributed by atoms with van der Waals surface area (Å²) in [6.07, 6.45) is -2.62. The predicted octanol–water partition coefficient (Wildman–Crippen LogP) is 2.56. The van der Waals surface area contributed by atoms with Gasteiger partial charge in [-0.25, -0.2) is 0 Å². The van der Waals surface area contributed by atoms with E-state index in [1.165, 1.54) is 4.68 Å². The molecule has 0 saturated carbocycles. The first-order chi connectivity index (χ1) is 8.95. The lowest BCUT2D eigenvalue weighted by Crippen LogP contribution is -2.09. The lowest BCUT2D eigenvalue weighted by molar-refractivity contribution is -0.137. The second-order valence-corrected chi connectivity index (χ2v) is 3.91. The Labute approximate surface area is 107 Å². The number of halogens is 3. The lowest BCUT2D eigenvalue weighted by Gasteiger charge is -2.06. The fourth-order valence-corrected chi connectivity index (χ4v) is 1.45. The Morgan fingerprint density at radius 1 is 1.21 bits per heavy atom. The first-order valence-electron chi connectivity index (χ1n) is 5.53. The topological polar surface area (TPSA) is 53.1 Å². The van der Waals surface area contributed by atoms with Crippen LogP contribution in [-0.4, -0.2) is 16.4 Å². The van der Waals surface area contributed by atoms with E-state index in [4.69, 9.17) is 10.5 Å². The maximum atomic E-state index is 12.3. The minimum atomic E-state index is -4.37.